The number of rotatable bonds is 1. The van der Waals surface area contributed by atoms with Gasteiger partial charge in [-0.15, -0.1) is 0 Å². The molecule has 1 aliphatic heterocycles. The highest BCUT2D eigenvalue weighted by Crippen LogP contribution is 2.46. The Balaban J connectivity index is 1.91. The van der Waals surface area contributed by atoms with Gasteiger partial charge in [-0.2, -0.15) is 0 Å². The van der Waals surface area contributed by atoms with E-state index in [0.717, 1.165) is 5.69 Å². The summed E-state index contributed by atoms with van der Waals surface area (Å²) in [6, 6.07) is 3.47. The van der Waals surface area contributed by atoms with Crippen molar-refractivity contribution < 1.29 is 14.3 Å². The van der Waals surface area contributed by atoms with Gasteiger partial charge in [0, 0.05) is 12.1 Å². The smallest absolute Gasteiger partial charge is 0.341 e. The van der Waals surface area contributed by atoms with Crippen LogP contribution < -0.4 is 5.73 Å². The fourth-order valence-corrected chi connectivity index (χ4v) is 2.92. The van der Waals surface area contributed by atoms with Gasteiger partial charge in [0.15, 0.2) is 5.60 Å². The Morgan fingerprint density at radius 2 is 2.17 bits per heavy atom. The van der Waals surface area contributed by atoms with E-state index in [1.165, 1.54) is 0 Å². The molecule has 5 heteroatoms. The average Bonchev–Trinajstić information content (AvgIpc) is 2.64. The summed E-state index contributed by atoms with van der Waals surface area (Å²) in [6.07, 6.45) is 4.21. The molecule has 0 saturated heterocycles. The van der Waals surface area contributed by atoms with E-state index in [-0.39, 0.29) is 17.8 Å². The van der Waals surface area contributed by atoms with Crippen molar-refractivity contribution in [3.8, 4) is 0 Å². The second-order valence-electron chi connectivity index (χ2n) is 4.96. The van der Waals surface area contributed by atoms with Gasteiger partial charge < -0.3 is 10.5 Å². The van der Waals surface area contributed by atoms with Crippen LogP contribution in [0.25, 0.3) is 0 Å². The van der Waals surface area contributed by atoms with Crippen molar-refractivity contribution in [3.63, 3.8) is 0 Å². The largest absolute Gasteiger partial charge is 0.449 e. The molecular weight excluding hydrogens is 232 g/mol. The SMILES string of the molecule is NC(=O)C1CCC2(CC1)OC(=O)c1cccnc12. The lowest BCUT2D eigenvalue weighted by Gasteiger charge is -2.34. The Morgan fingerprint density at radius 1 is 1.44 bits per heavy atom. The predicted octanol–water partition coefficient (Wildman–Crippen LogP) is 1.12. The highest BCUT2D eigenvalue weighted by atomic mass is 16.6. The molecule has 2 heterocycles. The van der Waals surface area contributed by atoms with Crippen LogP contribution in [0.5, 0.6) is 0 Å². The van der Waals surface area contributed by atoms with Crippen molar-refractivity contribution in [2.24, 2.45) is 11.7 Å². The quantitative estimate of drug-likeness (QED) is 0.753. The van der Waals surface area contributed by atoms with Gasteiger partial charge in [0.05, 0.1) is 11.3 Å². The van der Waals surface area contributed by atoms with Crippen LogP contribution in [0.2, 0.25) is 0 Å². The normalized spacial score (nSPS) is 30.0. The van der Waals surface area contributed by atoms with Crippen LogP contribution in [-0.4, -0.2) is 16.9 Å². The van der Waals surface area contributed by atoms with Gasteiger partial charge in [-0.05, 0) is 37.8 Å². The number of primary amides is 1. The van der Waals surface area contributed by atoms with Gasteiger partial charge in [-0.3, -0.25) is 9.78 Å². The molecular formula is C13H14N2O3. The summed E-state index contributed by atoms with van der Waals surface area (Å²) in [4.78, 5) is 27.3. The maximum Gasteiger partial charge on any atom is 0.341 e. The van der Waals surface area contributed by atoms with Crippen LogP contribution in [0, 0.1) is 5.92 Å². The summed E-state index contributed by atoms with van der Waals surface area (Å²) in [7, 11) is 0. The monoisotopic (exact) mass is 246 g/mol. The Hall–Kier alpha value is -1.91. The Bertz CT molecular complexity index is 519. The third-order valence-electron chi connectivity index (χ3n) is 3.94. The molecule has 5 nitrogen and oxygen atoms in total. The van der Waals surface area contributed by atoms with E-state index < -0.39 is 5.60 Å². The highest BCUT2D eigenvalue weighted by Gasteiger charge is 2.49. The van der Waals surface area contributed by atoms with E-state index in [0.29, 0.717) is 31.2 Å². The van der Waals surface area contributed by atoms with Crippen molar-refractivity contribution in [1.82, 2.24) is 4.98 Å². The molecule has 0 unspecified atom stereocenters. The summed E-state index contributed by atoms with van der Waals surface area (Å²) in [5.41, 5.74) is 5.96. The first-order valence-corrected chi connectivity index (χ1v) is 6.10. The van der Waals surface area contributed by atoms with Gasteiger partial charge in [-0.25, -0.2) is 4.79 Å². The number of amides is 1. The van der Waals surface area contributed by atoms with Gasteiger partial charge in [0.2, 0.25) is 5.91 Å². The molecule has 0 atom stereocenters. The van der Waals surface area contributed by atoms with E-state index in [2.05, 4.69) is 4.98 Å². The topological polar surface area (TPSA) is 82.3 Å². The number of hydrogen-bond donors (Lipinski definition) is 1. The molecule has 18 heavy (non-hydrogen) atoms. The van der Waals surface area contributed by atoms with E-state index in [1.54, 1.807) is 18.3 Å². The predicted molar refractivity (Wildman–Crippen MR) is 62.5 cm³/mol. The fraction of sp³-hybridized carbons (Fsp3) is 0.462. The van der Waals surface area contributed by atoms with Crippen LogP contribution in [0.4, 0.5) is 0 Å². The van der Waals surface area contributed by atoms with E-state index >= 15 is 0 Å². The maximum atomic E-state index is 11.8. The number of hydrogen-bond acceptors (Lipinski definition) is 4. The zero-order valence-electron chi connectivity index (χ0n) is 9.89. The second-order valence-corrected chi connectivity index (χ2v) is 4.96. The van der Waals surface area contributed by atoms with Crippen LogP contribution >= 0.6 is 0 Å². The molecule has 0 radical (unpaired) electrons. The third-order valence-corrected chi connectivity index (χ3v) is 3.94. The summed E-state index contributed by atoms with van der Waals surface area (Å²) < 4.78 is 5.53. The number of carbonyl (C=O) groups is 2. The molecule has 2 aliphatic rings. The first-order valence-electron chi connectivity index (χ1n) is 6.10. The van der Waals surface area contributed by atoms with Crippen molar-refractivity contribution in [1.29, 1.82) is 0 Å². The Morgan fingerprint density at radius 3 is 2.83 bits per heavy atom. The zero-order valence-corrected chi connectivity index (χ0v) is 9.89. The van der Waals surface area contributed by atoms with E-state index in [4.69, 9.17) is 10.5 Å². The van der Waals surface area contributed by atoms with E-state index in [9.17, 15) is 9.59 Å². The third kappa shape index (κ3) is 1.50. The van der Waals surface area contributed by atoms with Crippen LogP contribution in [0.1, 0.15) is 41.7 Å². The summed E-state index contributed by atoms with van der Waals surface area (Å²) in [5.74, 6) is -0.687. The number of fused-ring (bicyclic) bond motifs is 2. The minimum atomic E-state index is -0.625. The summed E-state index contributed by atoms with van der Waals surface area (Å²) >= 11 is 0. The Labute approximate surface area is 104 Å². The van der Waals surface area contributed by atoms with Crippen molar-refractivity contribution in [2.45, 2.75) is 31.3 Å². The molecule has 94 valence electrons. The van der Waals surface area contributed by atoms with Gasteiger partial charge in [0.1, 0.15) is 0 Å². The molecule has 1 fully saturated rings. The lowest BCUT2D eigenvalue weighted by Crippen LogP contribution is -2.36. The van der Waals surface area contributed by atoms with Crippen molar-refractivity contribution >= 4 is 11.9 Å². The fourth-order valence-electron chi connectivity index (χ4n) is 2.92. The molecule has 3 rings (SSSR count). The number of nitrogens with two attached hydrogens (primary N) is 1. The van der Waals surface area contributed by atoms with Crippen LogP contribution in [0.15, 0.2) is 18.3 Å². The molecule has 1 spiro atoms. The lowest BCUT2D eigenvalue weighted by molar-refractivity contribution is -0.124. The van der Waals surface area contributed by atoms with Gasteiger partial charge >= 0.3 is 5.97 Å². The first-order chi connectivity index (χ1) is 8.62. The molecule has 0 bridgehead atoms. The van der Waals surface area contributed by atoms with Gasteiger partial charge in [0.25, 0.3) is 0 Å². The molecule has 1 saturated carbocycles. The standard InChI is InChI=1S/C13H14N2O3/c14-11(16)8-3-5-13(6-4-8)10-9(12(17)18-13)2-1-7-15-10/h1-2,7-8H,3-6H2,(H2,14,16). The van der Waals surface area contributed by atoms with E-state index in [1.807, 2.05) is 0 Å². The minimum absolute atomic E-state index is 0.109. The first kappa shape index (κ1) is 11.2. The highest BCUT2D eigenvalue weighted by molar-refractivity contribution is 5.94. The second kappa shape index (κ2) is 3.80. The maximum absolute atomic E-state index is 11.8. The van der Waals surface area contributed by atoms with Crippen molar-refractivity contribution in [3.05, 3.63) is 29.6 Å². The average molecular weight is 246 g/mol. The number of pyridine rings is 1. The summed E-state index contributed by atoms with van der Waals surface area (Å²) in [5, 5.41) is 0. The van der Waals surface area contributed by atoms with Gasteiger partial charge in [-0.1, -0.05) is 0 Å². The summed E-state index contributed by atoms with van der Waals surface area (Å²) in [6.45, 7) is 0. The number of carbonyl (C=O) groups excluding carboxylic acids is 2. The zero-order chi connectivity index (χ0) is 12.8. The molecule has 1 amide bonds. The molecule has 1 aromatic rings. The van der Waals surface area contributed by atoms with Crippen LogP contribution in [0.3, 0.4) is 0 Å². The number of ether oxygens (including phenoxy) is 1. The number of aromatic nitrogens is 1. The lowest BCUT2D eigenvalue weighted by atomic mass is 9.76. The molecule has 0 aromatic carbocycles. The molecule has 1 aliphatic carbocycles. The van der Waals surface area contributed by atoms with Crippen LogP contribution in [-0.2, 0) is 15.1 Å². The molecule has 2 N–H and O–H groups in total. The number of nitrogens with zero attached hydrogens (tertiary/aromatic N) is 1. The Kier molecular flexibility index (Phi) is 2.36. The van der Waals surface area contributed by atoms with Crippen molar-refractivity contribution in [2.75, 3.05) is 0 Å². The number of esters is 1. The molecule has 1 aromatic heterocycles. The minimum Gasteiger partial charge on any atom is -0.449 e.